The van der Waals surface area contributed by atoms with Gasteiger partial charge in [0.2, 0.25) is 0 Å². The second kappa shape index (κ2) is 6.57. The maximum atomic E-state index is 5.37. The van der Waals surface area contributed by atoms with Gasteiger partial charge in [-0.25, -0.2) is 0 Å². The van der Waals surface area contributed by atoms with Crippen molar-refractivity contribution in [2.24, 2.45) is 0 Å². The van der Waals surface area contributed by atoms with E-state index in [4.69, 9.17) is 4.74 Å². The van der Waals surface area contributed by atoms with E-state index in [-0.39, 0.29) is 0 Å². The van der Waals surface area contributed by atoms with E-state index in [2.05, 4.69) is 62.5 Å². The van der Waals surface area contributed by atoms with Crippen LogP contribution < -0.4 is 5.32 Å². The van der Waals surface area contributed by atoms with Gasteiger partial charge in [0.1, 0.15) is 0 Å². The van der Waals surface area contributed by atoms with Crippen LogP contribution in [0.25, 0.3) is 10.8 Å². The molecular weight excluding hydrogens is 316 g/mol. The van der Waals surface area contributed by atoms with E-state index in [1.165, 1.54) is 16.5 Å². The van der Waals surface area contributed by atoms with Crippen LogP contribution in [-0.2, 0) is 4.74 Å². The van der Waals surface area contributed by atoms with Gasteiger partial charge >= 0.3 is 0 Å². The second-order valence-electron chi connectivity index (χ2n) is 5.02. The number of benzene rings is 2. The van der Waals surface area contributed by atoms with E-state index < -0.39 is 0 Å². The van der Waals surface area contributed by atoms with Crippen LogP contribution in [-0.4, -0.2) is 44.3 Å². The van der Waals surface area contributed by atoms with Crippen LogP contribution in [0.15, 0.2) is 40.9 Å². The minimum absolute atomic E-state index is 0.862. The van der Waals surface area contributed by atoms with Gasteiger partial charge in [-0.1, -0.05) is 40.2 Å². The fourth-order valence-corrected chi connectivity index (χ4v) is 3.07. The smallest absolute Gasteiger partial charge is 0.0594 e. The molecule has 0 saturated carbocycles. The number of halogens is 1. The Morgan fingerprint density at radius 1 is 1.05 bits per heavy atom. The molecule has 3 nitrogen and oxygen atoms in total. The number of morpholine rings is 1. The second-order valence-corrected chi connectivity index (χ2v) is 5.88. The zero-order valence-corrected chi connectivity index (χ0v) is 13.0. The summed E-state index contributed by atoms with van der Waals surface area (Å²) >= 11 is 3.61. The fourth-order valence-electron chi connectivity index (χ4n) is 2.59. The number of fused-ring (bicyclic) bond motifs is 1. The number of rotatable bonds is 4. The lowest BCUT2D eigenvalue weighted by molar-refractivity contribution is 0.0398. The number of hydrogen-bond acceptors (Lipinski definition) is 3. The van der Waals surface area contributed by atoms with E-state index in [1.54, 1.807) is 0 Å². The highest BCUT2D eigenvalue weighted by molar-refractivity contribution is 9.10. The van der Waals surface area contributed by atoms with Gasteiger partial charge in [-0.2, -0.15) is 0 Å². The van der Waals surface area contributed by atoms with Crippen molar-refractivity contribution >= 4 is 32.4 Å². The summed E-state index contributed by atoms with van der Waals surface area (Å²) in [6.45, 7) is 5.84. The van der Waals surface area contributed by atoms with Crippen molar-refractivity contribution in [3.63, 3.8) is 0 Å². The minimum atomic E-state index is 0.862. The van der Waals surface area contributed by atoms with Crippen LogP contribution in [0.3, 0.4) is 0 Å². The Morgan fingerprint density at radius 2 is 1.80 bits per heavy atom. The third kappa shape index (κ3) is 3.14. The van der Waals surface area contributed by atoms with Gasteiger partial charge in [-0.15, -0.1) is 0 Å². The Kier molecular flexibility index (Phi) is 4.55. The highest BCUT2D eigenvalue weighted by atomic mass is 79.9. The largest absolute Gasteiger partial charge is 0.383 e. The van der Waals surface area contributed by atoms with Crippen LogP contribution in [0.2, 0.25) is 0 Å². The molecular formula is C16H19BrN2O. The fraction of sp³-hybridized carbons (Fsp3) is 0.375. The standard InChI is InChI=1S/C16H19BrN2O/c17-15-5-6-16(14-4-2-1-3-13(14)15)18-7-8-19-9-11-20-12-10-19/h1-6,18H,7-12H2. The van der Waals surface area contributed by atoms with Crippen LogP contribution in [0, 0.1) is 0 Å². The van der Waals surface area contributed by atoms with E-state index >= 15 is 0 Å². The van der Waals surface area contributed by atoms with Crippen LogP contribution >= 0.6 is 15.9 Å². The molecule has 106 valence electrons. The molecule has 1 N–H and O–H groups in total. The van der Waals surface area contributed by atoms with Crippen LogP contribution in [0.1, 0.15) is 0 Å². The Hall–Kier alpha value is -1.10. The summed E-state index contributed by atoms with van der Waals surface area (Å²) in [5.41, 5.74) is 1.21. The molecule has 0 aliphatic carbocycles. The summed E-state index contributed by atoms with van der Waals surface area (Å²) < 4.78 is 6.51. The number of anilines is 1. The first kappa shape index (κ1) is 13.9. The van der Waals surface area contributed by atoms with Crippen molar-refractivity contribution in [1.29, 1.82) is 0 Å². The Morgan fingerprint density at radius 3 is 2.60 bits per heavy atom. The predicted molar refractivity (Wildman–Crippen MR) is 87.4 cm³/mol. The number of ether oxygens (including phenoxy) is 1. The molecule has 3 rings (SSSR count). The Bertz CT molecular complexity index is 582. The lowest BCUT2D eigenvalue weighted by atomic mass is 10.1. The molecule has 4 heteroatoms. The van der Waals surface area contributed by atoms with Crippen molar-refractivity contribution < 1.29 is 4.74 Å². The van der Waals surface area contributed by atoms with E-state index in [0.717, 1.165) is 43.9 Å². The van der Waals surface area contributed by atoms with Crippen molar-refractivity contribution in [3.8, 4) is 0 Å². The lowest BCUT2D eigenvalue weighted by Gasteiger charge is -2.26. The normalized spacial score (nSPS) is 16.4. The molecule has 0 unspecified atom stereocenters. The summed E-state index contributed by atoms with van der Waals surface area (Å²) in [6.07, 6.45) is 0. The predicted octanol–water partition coefficient (Wildman–Crippen LogP) is 3.35. The van der Waals surface area contributed by atoms with Gasteiger partial charge in [-0.05, 0) is 17.5 Å². The topological polar surface area (TPSA) is 24.5 Å². The zero-order chi connectivity index (χ0) is 13.8. The molecule has 0 spiro atoms. The maximum Gasteiger partial charge on any atom is 0.0594 e. The Balaban J connectivity index is 1.67. The quantitative estimate of drug-likeness (QED) is 0.927. The van der Waals surface area contributed by atoms with E-state index in [9.17, 15) is 0 Å². The molecule has 1 fully saturated rings. The van der Waals surface area contributed by atoms with Gasteiger partial charge in [0.05, 0.1) is 13.2 Å². The van der Waals surface area contributed by atoms with Gasteiger partial charge in [0.15, 0.2) is 0 Å². The SMILES string of the molecule is Brc1ccc(NCCN2CCOCC2)c2ccccc12. The molecule has 0 aromatic heterocycles. The Labute approximate surface area is 128 Å². The van der Waals surface area contributed by atoms with E-state index in [1.807, 2.05) is 0 Å². The van der Waals surface area contributed by atoms with E-state index in [0.29, 0.717) is 0 Å². The molecule has 0 bridgehead atoms. The summed E-state index contributed by atoms with van der Waals surface area (Å²) in [6, 6.07) is 12.7. The third-order valence-corrected chi connectivity index (χ3v) is 4.41. The third-order valence-electron chi connectivity index (χ3n) is 3.72. The molecule has 1 heterocycles. The lowest BCUT2D eigenvalue weighted by Crippen LogP contribution is -2.39. The van der Waals surface area contributed by atoms with Crippen LogP contribution in [0.4, 0.5) is 5.69 Å². The number of hydrogen-bond donors (Lipinski definition) is 1. The highest BCUT2D eigenvalue weighted by Crippen LogP contribution is 2.29. The molecule has 0 radical (unpaired) electrons. The molecule has 1 aliphatic heterocycles. The first-order chi connectivity index (χ1) is 9.84. The first-order valence-corrected chi connectivity index (χ1v) is 7.85. The molecule has 0 atom stereocenters. The molecule has 0 amide bonds. The summed E-state index contributed by atoms with van der Waals surface area (Å²) in [5, 5.41) is 6.08. The molecule has 2 aromatic rings. The first-order valence-electron chi connectivity index (χ1n) is 7.06. The summed E-state index contributed by atoms with van der Waals surface area (Å²) in [7, 11) is 0. The summed E-state index contributed by atoms with van der Waals surface area (Å²) in [5.74, 6) is 0. The average molecular weight is 335 g/mol. The van der Waals surface area contributed by atoms with Crippen molar-refractivity contribution in [3.05, 3.63) is 40.9 Å². The average Bonchev–Trinajstić information content (AvgIpc) is 2.51. The van der Waals surface area contributed by atoms with Crippen molar-refractivity contribution in [2.45, 2.75) is 0 Å². The molecule has 2 aromatic carbocycles. The van der Waals surface area contributed by atoms with Gasteiger partial charge in [0.25, 0.3) is 0 Å². The maximum absolute atomic E-state index is 5.37. The minimum Gasteiger partial charge on any atom is -0.383 e. The molecule has 1 saturated heterocycles. The van der Waals surface area contributed by atoms with Crippen molar-refractivity contribution in [1.82, 2.24) is 4.90 Å². The van der Waals surface area contributed by atoms with Gasteiger partial charge in [-0.3, -0.25) is 4.90 Å². The summed E-state index contributed by atoms with van der Waals surface area (Å²) in [4.78, 5) is 2.44. The van der Waals surface area contributed by atoms with Gasteiger partial charge < -0.3 is 10.1 Å². The monoisotopic (exact) mass is 334 g/mol. The molecule has 20 heavy (non-hydrogen) atoms. The van der Waals surface area contributed by atoms with Crippen molar-refractivity contribution in [2.75, 3.05) is 44.7 Å². The highest BCUT2D eigenvalue weighted by Gasteiger charge is 2.09. The number of nitrogens with one attached hydrogen (secondary N) is 1. The zero-order valence-electron chi connectivity index (χ0n) is 11.4. The van der Waals surface area contributed by atoms with Crippen LogP contribution in [0.5, 0.6) is 0 Å². The molecule has 1 aliphatic rings. The number of nitrogens with zero attached hydrogens (tertiary/aromatic N) is 1. The van der Waals surface area contributed by atoms with Gasteiger partial charge in [0, 0.05) is 41.7 Å².